The van der Waals surface area contributed by atoms with Gasteiger partial charge in [0.2, 0.25) is 0 Å². The first-order valence-corrected chi connectivity index (χ1v) is 13.2. The Bertz CT molecular complexity index is 964. The fourth-order valence-electron chi connectivity index (χ4n) is 5.11. The lowest BCUT2D eigenvalue weighted by atomic mass is 9.88. The summed E-state index contributed by atoms with van der Waals surface area (Å²) < 4.78 is 16.0. The normalized spacial score (nSPS) is 15.4. The number of rotatable bonds is 13. The van der Waals surface area contributed by atoms with E-state index in [2.05, 4.69) is 49.5 Å². The maximum atomic E-state index is 11.5. The minimum absolute atomic E-state index is 0.0675. The van der Waals surface area contributed by atoms with Gasteiger partial charge in [0.15, 0.2) is 0 Å². The van der Waals surface area contributed by atoms with Crippen LogP contribution in [-0.4, -0.2) is 49.3 Å². The van der Waals surface area contributed by atoms with E-state index >= 15 is 0 Å². The molecule has 0 bridgehead atoms. The van der Waals surface area contributed by atoms with Gasteiger partial charge in [-0.3, -0.25) is 0 Å². The number of fused-ring (bicyclic) bond motifs is 1. The number of nitrogens with one attached hydrogen (secondary N) is 1. The zero-order valence-corrected chi connectivity index (χ0v) is 22.5. The number of carbonyl (C=O) groups excluding carboxylic acids is 1. The molecule has 0 amide bonds. The number of aryl methyl sites for hydroxylation is 1. The average Bonchev–Trinajstić information content (AvgIpc) is 3.24. The summed E-state index contributed by atoms with van der Waals surface area (Å²) in [7, 11) is 0. The van der Waals surface area contributed by atoms with Crippen LogP contribution >= 0.6 is 0 Å². The predicted octanol–water partition coefficient (Wildman–Crippen LogP) is 5.32. The van der Waals surface area contributed by atoms with Crippen molar-refractivity contribution in [2.45, 2.75) is 78.0 Å². The van der Waals surface area contributed by atoms with Gasteiger partial charge in [-0.25, -0.2) is 4.79 Å². The number of hydrogen-bond acceptors (Lipinski definition) is 6. The summed E-state index contributed by atoms with van der Waals surface area (Å²) in [6.07, 6.45) is 2.46. The first-order chi connectivity index (χ1) is 17.2. The second-order valence-electron chi connectivity index (χ2n) is 10.6. The highest BCUT2D eigenvalue weighted by Gasteiger charge is 2.28. The highest BCUT2D eigenvalue weighted by atomic mass is 16.7. The molecule has 0 heterocycles. The van der Waals surface area contributed by atoms with Crippen molar-refractivity contribution in [3.05, 3.63) is 70.3 Å². The number of aliphatic hydroxyl groups is 1. The van der Waals surface area contributed by atoms with E-state index in [0.717, 1.165) is 36.0 Å². The lowest BCUT2D eigenvalue weighted by molar-refractivity contribution is -0.00504. The molecule has 6 heteroatoms. The van der Waals surface area contributed by atoms with E-state index in [4.69, 9.17) is 14.2 Å². The minimum atomic E-state index is -0.647. The minimum Gasteiger partial charge on any atom is -0.435 e. The molecule has 1 aliphatic rings. The lowest BCUT2D eigenvalue weighted by Gasteiger charge is -2.31. The van der Waals surface area contributed by atoms with Crippen LogP contribution in [0.5, 0.6) is 0 Å². The third kappa shape index (κ3) is 8.61. The van der Waals surface area contributed by atoms with Crippen molar-refractivity contribution < 1.29 is 24.1 Å². The van der Waals surface area contributed by atoms with Crippen LogP contribution in [-0.2, 0) is 33.5 Å². The average molecular weight is 498 g/mol. The maximum absolute atomic E-state index is 11.5. The van der Waals surface area contributed by atoms with Crippen molar-refractivity contribution in [3.8, 4) is 0 Å². The zero-order valence-electron chi connectivity index (χ0n) is 22.5. The molecule has 6 nitrogen and oxygen atoms in total. The third-order valence-corrected chi connectivity index (χ3v) is 6.88. The molecule has 2 aromatic rings. The molecule has 0 radical (unpaired) electrons. The maximum Gasteiger partial charge on any atom is 0.508 e. The fraction of sp³-hybridized carbons (Fsp3) is 0.567. The van der Waals surface area contributed by atoms with Crippen LogP contribution in [0.4, 0.5) is 4.79 Å². The van der Waals surface area contributed by atoms with Crippen molar-refractivity contribution in [1.82, 2.24) is 5.32 Å². The topological polar surface area (TPSA) is 77.0 Å². The van der Waals surface area contributed by atoms with Crippen molar-refractivity contribution >= 4 is 6.16 Å². The number of ether oxygens (including phenoxy) is 3. The first kappa shape index (κ1) is 28.2. The van der Waals surface area contributed by atoms with Crippen molar-refractivity contribution in [3.63, 3.8) is 0 Å². The van der Waals surface area contributed by atoms with E-state index in [0.29, 0.717) is 25.5 Å². The molecule has 0 fully saturated rings. The van der Waals surface area contributed by atoms with Gasteiger partial charge in [-0.1, -0.05) is 48.0 Å². The molecule has 0 saturated heterocycles. The molecule has 0 aromatic heterocycles. The van der Waals surface area contributed by atoms with E-state index < -0.39 is 12.3 Å². The van der Waals surface area contributed by atoms with Crippen LogP contribution < -0.4 is 5.32 Å². The number of aliphatic hydroxyl groups excluding tert-OH is 1. The Balaban J connectivity index is 1.44. The SMILES string of the molecule is CCOC(=O)OCCc1ccc(C)cc1[C@@H](C)OC[C@H](O)CNC(C)(C)CC1Cc2ccccc2C1. The second kappa shape index (κ2) is 13.2. The van der Waals surface area contributed by atoms with Crippen molar-refractivity contribution in [2.75, 3.05) is 26.4 Å². The molecule has 2 atom stereocenters. The quantitative estimate of drug-likeness (QED) is 0.365. The van der Waals surface area contributed by atoms with Gasteiger partial charge in [-0.2, -0.15) is 0 Å². The molecular formula is C30H43NO5. The second-order valence-corrected chi connectivity index (χ2v) is 10.6. The van der Waals surface area contributed by atoms with Crippen molar-refractivity contribution in [1.29, 1.82) is 0 Å². The lowest BCUT2D eigenvalue weighted by Crippen LogP contribution is -2.45. The Kier molecular flexibility index (Phi) is 10.3. The largest absolute Gasteiger partial charge is 0.508 e. The summed E-state index contributed by atoms with van der Waals surface area (Å²) in [5, 5.41) is 14.2. The van der Waals surface area contributed by atoms with Gasteiger partial charge in [-0.05, 0) is 82.1 Å². The van der Waals surface area contributed by atoms with Crippen LogP contribution in [0.25, 0.3) is 0 Å². The molecule has 0 aliphatic heterocycles. The Morgan fingerprint density at radius 1 is 1.14 bits per heavy atom. The number of carbonyl (C=O) groups is 1. The van der Waals surface area contributed by atoms with Gasteiger partial charge in [-0.15, -0.1) is 0 Å². The molecule has 0 spiro atoms. The highest BCUT2D eigenvalue weighted by Crippen LogP contribution is 2.32. The number of hydrogen-bond donors (Lipinski definition) is 2. The van der Waals surface area contributed by atoms with Gasteiger partial charge in [0, 0.05) is 18.5 Å². The van der Waals surface area contributed by atoms with Crippen LogP contribution in [0.15, 0.2) is 42.5 Å². The van der Waals surface area contributed by atoms with E-state index in [9.17, 15) is 9.90 Å². The standard InChI is InChI=1S/C30H43NO5/c1-6-34-29(33)35-14-13-24-12-11-21(2)15-28(24)22(3)36-20-27(32)19-31-30(4,5)18-23-16-25-9-7-8-10-26(25)17-23/h7-12,15,22-23,27,31-32H,6,13-14,16-20H2,1-5H3/t22-,27-/m1/s1. The fourth-order valence-corrected chi connectivity index (χ4v) is 5.11. The molecule has 2 N–H and O–H groups in total. The summed E-state index contributed by atoms with van der Waals surface area (Å²) in [5.41, 5.74) is 6.12. The van der Waals surface area contributed by atoms with Gasteiger partial charge in [0.1, 0.15) is 0 Å². The van der Waals surface area contributed by atoms with Crippen molar-refractivity contribution in [2.24, 2.45) is 5.92 Å². The predicted molar refractivity (Wildman–Crippen MR) is 142 cm³/mol. The molecule has 3 rings (SSSR count). The molecule has 198 valence electrons. The monoisotopic (exact) mass is 497 g/mol. The number of benzene rings is 2. The van der Waals surface area contributed by atoms with E-state index in [1.165, 1.54) is 11.1 Å². The van der Waals surface area contributed by atoms with Crippen LogP contribution in [0, 0.1) is 12.8 Å². The molecule has 0 unspecified atom stereocenters. The van der Waals surface area contributed by atoms with Crippen LogP contribution in [0.3, 0.4) is 0 Å². The van der Waals surface area contributed by atoms with E-state index in [1.807, 2.05) is 26.0 Å². The van der Waals surface area contributed by atoms with E-state index in [-0.39, 0.29) is 24.9 Å². The Labute approximate surface area is 216 Å². The molecule has 1 aliphatic carbocycles. The molecule has 0 saturated carbocycles. The summed E-state index contributed by atoms with van der Waals surface area (Å²) in [4.78, 5) is 11.5. The molecular weight excluding hydrogens is 454 g/mol. The molecule has 36 heavy (non-hydrogen) atoms. The first-order valence-electron chi connectivity index (χ1n) is 13.2. The summed E-state index contributed by atoms with van der Waals surface area (Å²) in [5.74, 6) is 0.630. The Morgan fingerprint density at radius 2 is 1.83 bits per heavy atom. The Morgan fingerprint density at radius 3 is 2.50 bits per heavy atom. The van der Waals surface area contributed by atoms with Crippen LogP contribution in [0.1, 0.15) is 68.0 Å². The van der Waals surface area contributed by atoms with Gasteiger partial charge in [0.05, 0.1) is 32.0 Å². The summed E-state index contributed by atoms with van der Waals surface area (Å²) in [6.45, 7) is 11.5. The zero-order chi connectivity index (χ0) is 26.1. The summed E-state index contributed by atoms with van der Waals surface area (Å²) >= 11 is 0. The van der Waals surface area contributed by atoms with Gasteiger partial charge < -0.3 is 24.6 Å². The molecule has 2 aromatic carbocycles. The van der Waals surface area contributed by atoms with Gasteiger partial charge in [0.25, 0.3) is 0 Å². The smallest absolute Gasteiger partial charge is 0.435 e. The number of β-amino-alcohol motifs (C(OH)–C–C–N with tert-alkyl or cyclic N) is 1. The van der Waals surface area contributed by atoms with Gasteiger partial charge >= 0.3 is 6.16 Å². The Hall–Kier alpha value is -2.41. The van der Waals surface area contributed by atoms with E-state index in [1.54, 1.807) is 6.92 Å². The third-order valence-electron chi connectivity index (χ3n) is 6.88. The highest BCUT2D eigenvalue weighted by molar-refractivity contribution is 5.59. The summed E-state index contributed by atoms with van der Waals surface area (Å²) in [6, 6.07) is 14.9. The van der Waals surface area contributed by atoms with Crippen LogP contribution in [0.2, 0.25) is 0 Å².